The molecule has 3 rings (SSSR count). The Morgan fingerprint density at radius 1 is 1.04 bits per heavy atom. The van der Waals surface area contributed by atoms with Gasteiger partial charge in [0.2, 0.25) is 15.9 Å². The highest BCUT2D eigenvalue weighted by Gasteiger charge is 2.27. The summed E-state index contributed by atoms with van der Waals surface area (Å²) >= 11 is 0. The van der Waals surface area contributed by atoms with E-state index in [4.69, 9.17) is 0 Å². The maximum absolute atomic E-state index is 12.1. The van der Waals surface area contributed by atoms with Gasteiger partial charge in [-0.15, -0.1) is 0 Å². The SMILES string of the molecule is O=C(Cc1ccc([N+](=O)[O-])cc1)NCc1ccc(S(=O)(=O)NC2CC2)cc1. The zero-order chi connectivity index (χ0) is 19.4. The molecule has 2 N–H and O–H groups in total. The van der Waals surface area contributed by atoms with Gasteiger partial charge in [-0.2, -0.15) is 0 Å². The van der Waals surface area contributed by atoms with Crippen LogP contribution in [-0.2, 0) is 27.8 Å². The Labute approximate surface area is 156 Å². The number of amides is 1. The van der Waals surface area contributed by atoms with E-state index in [1.807, 2.05) is 0 Å². The van der Waals surface area contributed by atoms with Gasteiger partial charge in [0.05, 0.1) is 16.2 Å². The van der Waals surface area contributed by atoms with Crippen LogP contribution in [0.15, 0.2) is 53.4 Å². The van der Waals surface area contributed by atoms with Crippen molar-refractivity contribution in [2.75, 3.05) is 0 Å². The first-order chi connectivity index (χ1) is 12.8. The van der Waals surface area contributed by atoms with E-state index in [1.165, 1.54) is 24.3 Å². The van der Waals surface area contributed by atoms with Crippen LogP contribution in [0.25, 0.3) is 0 Å². The van der Waals surface area contributed by atoms with Gasteiger partial charge in [-0.1, -0.05) is 24.3 Å². The molecular weight excluding hydrogens is 370 g/mol. The first-order valence-corrected chi connectivity index (χ1v) is 9.93. The minimum Gasteiger partial charge on any atom is -0.352 e. The molecule has 0 unspecified atom stereocenters. The summed E-state index contributed by atoms with van der Waals surface area (Å²) in [5.41, 5.74) is 1.42. The number of nitro groups is 1. The molecule has 0 spiro atoms. The Bertz CT molecular complexity index is 936. The molecule has 0 aliphatic heterocycles. The molecule has 27 heavy (non-hydrogen) atoms. The summed E-state index contributed by atoms with van der Waals surface area (Å²) in [7, 11) is -3.48. The average Bonchev–Trinajstić information content (AvgIpc) is 3.44. The Kier molecular flexibility index (Phi) is 5.52. The van der Waals surface area contributed by atoms with Gasteiger partial charge in [0.25, 0.3) is 5.69 Å². The minimum absolute atomic E-state index is 0.0228. The van der Waals surface area contributed by atoms with Crippen LogP contribution in [0.5, 0.6) is 0 Å². The van der Waals surface area contributed by atoms with E-state index in [1.54, 1.807) is 24.3 Å². The second kappa shape index (κ2) is 7.85. The number of rotatable bonds is 8. The van der Waals surface area contributed by atoms with E-state index in [9.17, 15) is 23.3 Å². The number of nitrogens with zero attached hydrogens (tertiary/aromatic N) is 1. The van der Waals surface area contributed by atoms with E-state index >= 15 is 0 Å². The monoisotopic (exact) mass is 389 g/mol. The predicted molar refractivity (Wildman–Crippen MR) is 98.4 cm³/mol. The van der Waals surface area contributed by atoms with Crippen molar-refractivity contribution in [3.05, 3.63) is 69.8 Å². The molecule has 1 aliphatic carbocycles. The Morgan fingerprint density at radius 2 is 1.63 bits per heavy atom. The lowest BCUT2D eigenvalue weighted by atomic mass is 10.1. The zero-order valence-corrected chi connectivity index (χ0v) is 15.2. The van der Waals surface area contributed by atoms with Crippen molar-refractivity contribution >= 4 is 21.6 Å². The van der Waals surface area contributed by atoms with Crippen molar-refractivity contribution < 1.29 is 18.1 Å². The molecule has 1 saturated carbocycles. The summed E-state index contributed by atoms with van der Waals surface area (Å²) in [5, 5.41) is 13.4. The predicted octanol–water partition coefficient (Wildman–Crippen LogP) is 1.89. The van der Waals surface area contributed by atoms with Crippen molar-refractivity contribution in [3.63, 3.8) is 0 Å². The van der Waals surface area contributed by atoms with Gasteiger partial charge in [-0.3, -0.25) is 14.9 Å². The third-order valence-corrected chi connectivity index (χ3v) is 5.67. The normalized spacial score (nSPS) is 13.9. The fourth-order valence-electron chi connectivity index (χ4n) is 2.46. The molecule has 0 saturated heterocycles. The van der Waals surface area contributed by atoms with Crippen LogP contribution in [0.2, 0.25) is 0 Å². The van der Waals surface area contributed by atoms with Crippen molar-refractivity contribution in [1.82, 2.24) is 10.0 Å². The molecule has 8 nitrogen and oxygen atoms in total. The van der Waals surface area contributed by atoms with Crippen LogP contribution in [0.1, 0.15) is 24.0 Å². The molecule has 142 valence electrons. The molecule has 0 bridgehead atoms. The molecule has 1 amide bonds. The van der Waals surface area contributed by atoms with Gasteiger partial charge in [0, 0.05) is 24.7 Å². The van der Waals surface area contributed by atoms with Gasteiger partial charge < -0.3 is 5.32 Å². The summed E-state index contributed by atoms with van der Waals surface area (Å²) in [6.07, 6.45) is 1.85. The quantitative estimate of drug-likeness (QED) is 0.528. The molecule has 2 aromatic rings. The van der Waals surface area contributed by atoms with E-state index in [0.29, 0.717) is 5.56 Å². The highest BCUT2D eigenvalue weighted by Crippen LogP contribution is 2.22. The number of non-ortho nitro benzene ring substituents is 1. The number of sulfonamides is 1. The summed E-state index contributed by atoms with van der Waals surface area (Å²) in [5.74, 6) is -0.226. The van der Waals surface area contributed by atoms with Gasteiger partial charge in [-0.05, 0) is 36.1 Å². The summed E-state index contributed by atoms with van der Waals surface area (Å²) in [6, 6.07) is 12.2. The topological polar surface area (TPSA) is 118 Å². The fourth-order valence-corrected chi connectivity index (χ4v) is 3.76. The summed E-state index contributed by atoms with van der Waals surface area (Å²) in [4.78, 5) is 22.3. The number of carbonyl (C=O) groups is 1. The van der Waals surface area contributed by atoms with Gasteiger partial charge in [-0.25, -0.2) is 13.1 Å². The maximum atomic E-state index is 12.1. The van der Waals surface area contributed by atoms with Crippen molar-refractivity contribution in [1.29, 1.82) is 0 Å². The van der Waals surface area contributed by atoms with Gasteiger partial charge in [0.15, 0.2) is 0 Å². The Hall–Kier alpha value is -2.78. The number of nitro benzene ring substituents is 1. The van der Waals surface area contributed by atoms with Crippen LogP contribution in [0.4, 0.5) is 5.69 Å². The third kappa shape index (κ3) is 5.35. The largest absolute Gasteiger partial charge is 0.352 e. The maximum Gasteiger partial charge on any atom is 0.269 e. The number of benzene rings is 2. The van der Waals surface area contributed by atoms with Crippen LogP contribution in [-0.4, -0.2) is 25.3 Å². The third-order valence-electron chi connectivity index (χ3n) is 4.13. The van der Waals surface area contributed by atoms with Crippen molar-refractivity contribution in [3.8, 4) is 0 Å². The first-order valence-electron chi connectivity index (χ1n) is 8.45. The molecule has 0 aromatic heterocycles. The molecule has 0 radical (unpaired) electrons. The minimum atomic E-state index is -3.48. The molecular formula is C18H19N3O5S. The molecule has 0 heterocycles. The number of hydrogen-bond acceptors (Lipinski definition) is 5. The highest BCUT2D eigenvalue weighted by atomic mass is 32.2. The summed E-state index contributed by atoms with van der Waals surface area (Å²) in [6.45, 7) is 0.266. The van der Waals surface area contributed by atoms with E-state index in [-0.39, 0.29) is 35.5 Å². The molecule has 1 fully saturated rings. The molecule has 2 aromatic carbocycles. The molecule has 1 aliphatic rings. The number of carbonyl (C=O) groups excluding carboxylic acids is 1. The lowest BCUT2D eigenvalue weighted by molar-refractivity contribution is -0.384. The summed E-state index contributed by atoms with van der Waals surface area (Å²) < 4.78 is 26.8. The van der Waals surface area contributed by atoms with E-state index < -0.39 is 14.9 Å². The van der Waals surface area contributed by atoms with E-state index in [0.717, 1.165) is 18.4 Å². The lowest BCUT2D eigenvalue weighted by Gasteiger charge is -2.08. The lowest BCUT2D eigenvalue weighted by Crippen LogP contribution is -2.26. The standard InChI is InChI=1S/C18H19N3O5S/c22-18(11-13-1-7-16(8-2-13)21(23)24)19-12-14-3-9-17(10-4-14)27(25,26)20-15-5-6-15/h1-4,7-10,15,20H,5-6,11-12H2,(H,19,22). The molecule has 0 atom stereocenters. The average molecular weight is 389 g/mol. The highest BCUT2D eigenvalue weighted by molar-refractivity contribution is 7.89. The van der Waals surface area contributed by atoms with Crippen LogP contribution in [0, 0.1) is 10.1 Å². The van der Waals surface area contributed by atoms with Gasteiger partial charge >= 0.3 is 0 Å². The van der Waals surface area contributed by atoms with E-state index in [2.05, 4.69) is 10.0 Å². The Morgan fingerprint density at radius 3 is 2.19 bits per heavy atom. The first kappa shape index (κ1) is 19.0. The van der Waals surface area contributed by atoms with Crippen LogP contribution >= 0.6 is 0 Å². The smallest absolute Gasteiger partial charge is 0.269 e. The Balaban J connectivity index is 1.51. The van der Waals surface area contributed by atoms with Crippen molar-refractivity contribution in [2.45, 2.75) is 36.7 Å². The van der Waals surface area contributed by atoms with Crippen LogP contribution < -0.4 is 10.0 Å². The zero-order valence-electron chi connectivity index (χ0n) is 14.4. The van der Waals surface area contributed by atoms with Crippen LogP contribution in [0.3, 0.4) is 0 Å². The second-order valence-corrected chi connectivity index (χ2v) is 8.13. The van der Waals surface area contributed by atoms with Crippen molar-refractivity contribution in [2.24, 2.45) is 0 Å². The second-order valence-electron chi connectivity index (χ2n) is 6.42. The fraction of sp³-hybridized carbons (Fsp3) is 0.278. The van der Waals surface area contributed by atoms with Gasteiger partial charge in [0.1, 0.15) is 0 Å². The molecule has 9 heteroatoms. The number of nitrogens with one attached hydrogen (secondary N) is 2. The number of hydrogen-bond donors (Lipinski definition) is 2.